The summed E-state index contributed by atoms with van der Waals surface area (Å²) in [5.74, 6) is 0.326. The average molecular weight is 217 g/mol. The molecule has 4 nitrogen and oxygen atoms in total. The maximum Gasteiger partial charge on any atom is 0.230 e. The summed E-state index contributed by atoms with van der Waals surface area (Å²) in [4.78, 5) is 15.3. The highest BCUT2D eigenvalue weighted by molar-refractivity contribution is 8.14. The van der Waals surface area contributed by atoms with Crippen molar-refractivity contribution in [1.29, 1.82) is 0 Å². The van der Waals surface area contributed by atoms with Gasteiger partial charge in [0.1, 0.15) is 0 Å². The molecule has 0 unspecified atom stereocenters. The summed E-state index contributed by atoms with van der Waals surface area (Å²) in [7, 11) is 0. The van der Waals surface area contributed by atoms with Gasteiger partial charge in [-0.3, -0.25) is 9.79 Å². The second-order valence-electron chi connectivity index (χ2n) is 3.57. The lowest BCUT2D eigenvalue weighted by Gasteiger charge is -2.07. The third-order valence-electron chi connectivity index (χ3n) is 1.19. The number of hydrogen-bond acceptors (Lipinski definition) is 3. The number of amides is 1. The van der Waals surface area contributed by atoms with Gasteiger partial charge in [0.15, 0.2) is 5.17 Å². The smallest absolute Gasteiger partial charge is 0.230 e. The normalized spacial score (nSPS) is 12.3. The zero-order valence-corrected chi connectivity index (χ0v) is 10.0. The van der Waals surface area contributed by atoms with Crippen LogP contribution >= 0.6 is 11.8 Å². The molecule has 0 saturated heterocycles. The van der Waals surface area contributed by atoms with Gasteiger partial charge in [-0.25, -0.2) is 0 Å². The molecule has 82 valence electrons. The first-order valence-corrected chi connectivity index (χ1v) is 5.65. The lowest BCUT2D eigenvalue weighted by molar-refractivity contribution is -0.119. The van der Waals surface area contributed by atoms with Crippen molar-refractivity contribution in [2.75, 3.05) is 5.75 Å². The SMILES string of the molecule is CC(C)N=C(N)SCC(=O)NC(C)C. The molecular formula is C9H19N3OS. The van der Waals surface area contributed by atoms with Gasteiger partial charge in [0.05, 0.1) is 5.75 Å². The maximum absolute atomic E-state index is 11.2. The Bertz CT molecular complexity index is 214. The molecule has 0 aliphatic rings. The first kappa shape index (κ1) is 13.3. The van der Waals surface area contributed by atoms with Crippen LogP contribution in [-0.2, 0) is 4.79 Å². The summed E-state index contributed by atoms with van der Waals surface area (Å²) in [6.45, 7) is 7.74. The minimum atomic E-state index is -0.00749. The number of nitrogens with zero attached hydrogens (tertiary/aromatic N) is 1. The van der Waals surface area contributed by atoms with Gasteiger partial charge < -0.3 is 11.1 Å². The Hall–Kier alpha value is -0.710. The van der Waals surface area contributed by atoms with Crippen LogP contribution in [0.1, 0.15) is 27.7 Å². The summed E-state index contributed by atoms with van der Waals surface area (Å²) in [6.07, 6.45) is 0. The van der Waals surface area contributed by atoms with E-state index in [9.17, 15) is 4.79 Å². The van der Waals surface area contributed by atoms with E-state index in [1.54, 1.807) is 0 Å². The second kappa shape index (κ2) is 6.70. The van der Waals surface area contributed by atoms with E-state index < -0.39 is 0 Å². The van der Waals surface area contributed by atoms with E-state index in [0.717, 1.165) is 0 Å². The van der Waals surface area contributed by atoms with Gasteiger partial charge in [0.25, 0.3) is 0 Å². The highest BCUT2D eigenvalue weighted by atomic mass is 32.2. The molecule has 0 saturated carbocycles. The van der Waals surface area contributed by atoms with Crippen molar-refractivity contribution >= 4 is 22.8 Å². The number of nitrogens with one attached hydrogen (secondary N) is 1. The van der Waals surface area contributed by atoms with Crippen molar-refractivity contribution in [3.05, 3.63) is 0 Å². The number of aliphatic imine (C=N–C) groups is 1. The van der Waals surface area contributed by atoms with Gasteiger partial charge in [0.2, 0.25) is 5.91 Å². The van der Waals surface area contributed by atoms with E-state index in [4.69, 9.17) is 5.73 Å². The standard InChI is InChI=1S/C9H19N3OS/c1-6(2)11-8(13)5-14-9(10)12-7(3)4/h6-7H,5H2,1-4H3,(H2,10,12)(H,11,13). The van der Waals surface area contributed by atoms with E-state index in [-0.39, 0.29) is 18.0 Å². The van der Waals surface area contributed by atoms with Crippen LogP contribution in [0, 0.1) is 0 Å². The largest absolute Gasteiger partial charge is 0.379 e. The number of carbonyl (C=O) groups is 1. The molecule has 1 amide bonds. The van der Waals surface area contributed by atoms with E-state index in [0.29, 0.717) is 10.9 Å². The topological polar surface area (TPSA) is 67.5 Å². The monoisotopic (exact) mass is 217 g/mol. The van der Waals surface area contributed by atoms with E-state index in [1.165, 1.54) is 11.8 Å². The Morgan fingerprint density at radius 1 is 1.43 bits per heavy atom. The van der Waals surface area contributed by atoms with E-state index >= 15 is 0 Å². The van der Waals surface area contributed by atoms with Gasteiger partial charge in [0, 0.05) is 12.1 Å². The molecule has 0 aromatic carbocycles. The molecular weight excluding hydrogens is 198 g/mol. The maximum atomic E-state index is 11.2. The molecule has 0 aliphatic carbocycles. The molecule has 0 fully saturated rings. The number of hydrogen-bond donors (Lipinski definition) is 2. The molecule has 0 heterocycles. The summed E-state index contributed by atoms with van der Waals surface area (Å²) in [5.41, 5.74) is 5.59. The van der Waals surface area contributed by atoms with E-state index in [2.05, 4.69) is 10.3 Å². The van der Waals surface area contributed by atoms with Gasteiger partial charge in [-0.2, -0.15) is 0 Å². The second-order valence-corrected chi connectivity index (χ2v) is 4.57. The van der Waals surface area contributed by atoms with Crippen molar-refractivity contribution < 1.29 is 4.79 Å². The minimum Gasteiger partial charge on any atom is -0.379 e. The summed E-state index contributed by atoms with van der Waals surface area (Å²) >= 11 is 1.27. The predicted molar refractivity (Wildman–Crippen MR) is 62.5 cm³/mol. The van der Waals surface area contributed by atoms with Crippen LogP contribution in [0.4, 0.5) is 0 Å². The quantitative estimate of drug-likeness (QED) is 0.544. The first-order valence-electron chi connectivity index (χ1n) is 4.67. The van der Waals surface area contributed by atoms with Crippen molar-refractivity contribution in [2.45, 2.75) is 39.8 Å². The molecule has 0 aromatic heterocycles. The molecule has 0 atom stereocenters. The molecule has 0 aliphatic heterocycles. The van der Waals surface area contributed by atoms with Crippen LogP contribution in [0.5, 0.6) is 0 Å². The molecule has 14 heavy (non-hydrogen) atoms. The number of rotatable bonds is 4. The van der Waals surface area contributed by atoms with Crippen LogP contribution in [0.25, 0.3) is 0 Å². The number of amidine groups is 1. The minimum absolute atomic E-state index is 0.00749. The van der Waals surface area contributed by atoms with Crippen molar-refractivity contribution in [1.82, 2.24) is 5.32 Å². The lowest BCUT2D eigenvalue weighted by Crippen LogP contribution is -2.32. The Morgan fingerprint density at radius 2 is 2.00 bits per heavy atom. The highest BCUT2D eigenvalue weighted by Crippen LogP contribution is 2.01. The Morgan fingerprint density at radius 3 is 2.43 bits per heavy atom. The first-order chi connectivity index (χ1) is 6.41. The Balaban J connectivity index is 3.77. The average Bonchev–Trinajstić information content (AvgIpc) is 1.98. The van der Waals surface area contributed by atoms with Crippen molar-refractivity contribution in [2.24, 2.45) is 10.7 Å². The fourth-order valence-electron chi connectivity index (χ4n) is 0.795. The Labute approximate surface area is 89.7 Å². The van der Waals surface area contributed by atoms with Crippen LogP contribution < -0.4 is 11.1 Å². The van der Waals surface area contributed by atoms with Crippen molar-refractivity contribution in [3.8, 4) is 0 Å². The number of thioether (sulfide) groups is 1. The third kappa shape index (κ3) is 7.91. The van der Waals surface area contributed by atoms with Crippen LogP contribution in [0.3, 0.4) is 0 Å². The fraction of sp³-hybridized carbons (Fsp3) is 0.778. The molecule has 0 radical (unpaired) electrons. The van der Waals surface area contributed by atoms with Crippen LogP contribution in [0.2, 0.25) is 0 Å². The number of nitrogens with two attached hydrogens (primary N) is 1. The predicted octanol–water partition coefficient (Wildman–Crippen LogP) is 0.967. The van der Waals surface area contributed by atoms with Crippen LogP contribution in [-0.4, -0.2) is 28.9 Å². The van der Waals surface area contributed by atoms with E-state index in [1.807, 2.05) is 27.7 Å². The summed E-state index contributed by atoms with van der Waals surface area (Å²) in [6, 6.07) is 0.349. The lowest BCUT2D eigenvalue weighted by atomic mass is 10.4. The Kier molecular flexibility index (Phi) is 6.36. The zero-order chi connectivity index (χ0) is 11.1. The number of carbonyl (C=O) groups excluding carboxylic acids is 1. The van der Waals surface area contributed by atoms with Gasteiger partial charge in [-0.1, -0.05) is 11.8 Å². The van der Waals surface area contributed by atoms with Crippen LogP contribution in [0.15, 0.2) is 4.99 Å². The third-order valence-corrected chi connectivity index (χ3v) is 1.99. The fourth-order valence-corrected chi connectivity index (χ4v) is 1.44. The molecule has 0 rings (SSSR count). The van der Waals surface area contributed by atoms with Crippen molar-refractivity contribution in [3.63, 3.8) is 0 Å². The van der Waals surface area contributed by atoms with Gasteiger partial charge in [-0.15, -0.1) is 0 Å². The summed E-state index contributed by atoms with van der Waals surface area (Å²) in [5, 5.41) is 3.25. The van der Waals surface area contributed by atoms with Gasteiger partial charge in [-0.05, 0) is 27.7 Å². The molecule has 3 N–H and O–H groups in total. The van der Waals surface area contributed by atoms with Gasteiger partial charge >= 0.3 is 0 Å². The zero-order valence-electron chi connectivity index (χ0n) is 9.20. The summed E-state index contributed by atoms with van der Waals surface area (Å²) < 4.78 is 0. The highest BCUT2D eigenvalue weighted by Gasteiger charge is 2.04. The molecule has 0 bridgehead atoms. The molecule has 5 heteroatoms. The molecule has 0 aromatic rings. The molecule has 0 spiro atoms.